The van der Waals surface area contributed by atoms with E-state index in [2.05, 4.69) is 25.8 Å². The zero-order chi connectivity index (χ0) is 18.7. The van der Waals surface area contributed by atoms with Gasteiger partial charge in [0.05, 0.1) is 35.9 Å². The van der Waals surface area contributed by atoms with Crippen LogP contribution in [-0.4, -0.2) is 42.1 Å². The molecule has 2 heterocycles. The number of hydrogen-bond acceptors (Lipinski definition) is 6. The number of halogens is 1. The van der Waals surface area contributed by atoms with Gasteiger partial charge in [0.1, 0.15) is 0 Å². The number of benzene rings is 1. The van der Waals surface area contributed by atoms with Crippen LogP contribution >= 0.6 is 15.9 Å². The van der Waals surface area contributed by atoms with Gasteiger partial charge in [0.15, 0.2) is 0 Å². The molecule has 1 aliphatic rings. The number of aliphatic imine (C=N–C) groups is 1. The number of aromatic nitrogens is 1. The molecule has 0 spiro atoms. The number of nitrogen functional groups attached to an aromatic ring is 1. The zero-order valence-electron chi connectivity index (χ0n) is 14.9. The maximum Gasteiger partial charge on any atom is 0.222 e. The molecule has 0 radical (unpaired) electrons. The molecule has 0 bridgehead atoms. The summed E-state index contributed by atoms with van der Waals surface area (Å²) in [4.78, 5) is 11.2. The molecule has 3 rings (SSSR count). The van der Waals surface area contributed by atoms with Crippen molar-refractivity contribution in [3.63, 3.8) is 0 Å². The SMILES string of the molecule is COc1ncc(Br)cc1/C(C)=N/c1cc(N2CCC(O)CC2)ccc1N. The van der Waals surface area contributed by atoms with E-state index in [1.54, 1.807) is 13.3 Å². The summed E-state index contributed by atoms with van der Waals surface area (Å²) in [5.74, 6) is 0.522. The Morgan fingerprint density at radius 3 is 2.77 bits per heavy atom. The van der Waals surface area contributed by atoms with E-state index >= 15 is 0 Å². The van der Waals surface area contributed by atoms with Gasteiger partial charge in [0.2, 0.25) is 5.88 Å². The molecule has 6 nitrogen and oxygen atoms in total. The molecule has 138 valence electrons. The van der Waals surface area contributed by atoms with Crippen LogP contribution in [0.25, 0.3) is 0 Å². The van der Waals surface area contributed by atoms with E-state index in [1.807, 2.05) is 31.2 Å². The molecule has 2 aromatic rings. The van der Waals surface area contributed by atoms with Crippen molar-refractivity contribution in [3.05, 3.63) is 40.5 Å². The number of aliphatic hydroxyl groups excluding tert-OH is 1. The Balaban J connectivity index is 1.92. The van der Waals surface area contributed by atoms with Crippen molar-refractivity contribution in [2.45, 2.75) is 25.9 Å². The number of methoxy groups -OCH3 is 1. The molecule has 0 atom stereocenters. The van der Waals surface area contributed by atoms with E-state index in [4.69, 9.17) is 15.5 Å². The predicted molar refractivity (Wildman–Crippen MR) is 109 cm³/mol. The van der Waals surface area contributed by atoms with Gasteiger partial charge >= 0.3 is 0 Å². The first-order chi connectivity index (χ1) is 12.5. The largest absolute Gasteiger partial charge is 0.481 e. The summed E-state index contributed by atoms with van der Waals surface area (Å²) >= 11 is 3.44. The van der Waals surface area contributed by atoms with Crippen LogP contribution in [0.1, 0.15) is 25.3 Å². The van der Waals surface area contributed by atoms with Crippen LogP contribution in [0.15, 0.2) is 39.9 Å². The van der Waals surface area contributed by atoms with Gasteiger partial charge in [-0.1, -0.05) is 0 Å². The first kappa shape index (κ1) is 18.7. The second-order valence-electron chi connectivity index (χ2n) is 6.37. The number of piperidine rings is 1. The first-order valence-corrected chi connectivity index (χ1v) is 9.35. The van der Waals surface area contributed by atoms with Crippen LogP contribution in [0.3, 0.4) is 0 Å². The van der Waals surface area contributed by atoms with E-state index < -0.39 is 0 Å². The zero-order valence-corrected chi connectivity index (χ0v) is 16.5. The third-order valence-electron chi connectivity index (χ3n) is 4.53. The van der Waals surface area contributed by atoms with Gasteiger partial charge in [-0.2, -0.15) is 0 Å². The molecule has 0 unspecified atom stereocenters. The van der Waals surface area contributed by atoms with E-state index in [9.17, 15) is 5.11 Å². The molecular formula is C19H23BrN4O2. The number of anilines is 2. The number of nitrogens with zero attached hydrogens (tertiary/aromatic N) is 3. The third kappa shape index (κ3) is 4.16. The standard InChI is InChI=1S/C19H23BrN4O2/c1-12(16-9-13(20)11-22-19(16)26-2)23-18-10-14(3-4-17(18)21)24-7-5-15(25)6-8-24/h3-4,9-11,15,25H,5-8,21H2,1-2H3/b23-12+. The van der Waals surface area contributed by atoms with E-state index in [0.29, 0.717) is 17.3 Å². The lowest BCUT2D eigenvalue weighted by Gasteiger charge is -2.31. The summed E-state index contributed by atoms with van der Waals surface area (Å²) in [6.07, 6.45) is 3.05. The molecule has 7 heteroatoms. The molecule has 0 saturated carbocycles. The third-order valence-corrected chi connectivity index (χ3v) is 4.97. The second-order valence-corrected chi connectivity index (χ2v) is 7.28. The van der Waals surface area contributed by atoms with Gasteiger partial charge in [0.25, 0.3) is 0 Å². The predicted octanol–water partition coefficient (Wildman–Crippen LogP) is 3.54. The Morgan fingerprint density at radius 2 is 2.08 bits per heavy atom. The fourth-order valence-electron chi connectivity index (χ4n) is 3.04. The molecular weight excluding hydrogens is 396 g/mol. The van der Waals surface area contributed by atoms with Crippen molar-refractivity contribution < 1.29 is 9.84 Å². The highest BCUT2D eigenvalue weighted by Crippen LogP contribution is 2.31. The Hall–Kier alpha value is -2.12. The van der Waals surface area contributed by atoms with Crippen molar-refractivity contribution in [3.8, 4) is 5.88 Å². The Kier molecular flexibility index (Phi) is 5.78. The summed E-state index contributed by atoms with van der Waals surface area (Å²) in [7, 11) is 1.59. The summed E-state index contributed by atoms with van der Waals surface area (Å²) in [6, 6.07) is 7.80. The molecule has 1 aromatic carbocycles. The van der Waals surface area contributed by atoms with Crippen molar-refractivity contribution in [2.24, 2.45) is 4.99 Å². The minimum Gasteiger partial charge on any atom is -0.481 e. The molecule has 1 aromatic heterocycles. The van der Waals surface area contributed by atoms with Crippen LogP contribution < -0.4 is 15.4 Å². The molecule has 26 heavy (non-hydrogen) atoms. The van der Waals surface area contributed by atoms with Gasteiger partial charge in [-0.05, 0) is 60.0 Å². The molecule has 0 aliphatic carbocycles. The van der Waals surface area contributed by atoms with Gasteiger partial charge in [-0.15, -0.1) is 0 Å². The number of aliphatic hydroxyl groups is 1. The molecule has 3 N–H and O–H groups in total. The normalized spacial score (nSPS) is 16.0. The maximum absolute atomic E-state index is 9.70. The lowest BCUT2D eigenvalue weighted by atomic mass is 10.1. The van der Waals surface area contributed by atoms with Crippen LogP contribution in [0.4, 0.5) is 17.1 Å². The highest BCUT2D eigenvalue weighted by molar-refractivity contribution is 9.10. The van der Waals surface area contributed by atoms with Crippen molar-refractivity contribution in [2.75, 3.05) is 30.8 Å². The topological polar surface area (TPSA) is 84.0 Å². The number of rotatable bonds is 4. The lowest BCUT2D eigenvalue weighted by Crippen LogP contribution is -2.35. The van der Waals surface area contributed by atoms with Crippen molar-refractivity contribution in [1.82, 2.24) is 4.98 Å². The minimum atomic E-state index is -0.198. The van der Waals surface area contributed by atoms with Crippen LogP contribution in [0.2, 0.25) is 0 Å². The number of pyridine rings is 1. The van der Waals surface area contributed by atoms with Crippen LogP contribution in [0.5, 0.6) is 5.88 Å². The minimum absolute atomic E-state index is 0.198. The Morgan fingerprint density at radius 1 is 1.35 bits per heavy atom. The fourth-order valence-corrected chi connectivity index (χ4v) is 3.37. The van der Waals surface area contributed by atoms with Gasteiger partial charge in [-0.25, -0.2) is 4.98 Å². The molecule has 0 amide bonds. The fraction of sp³-hybridized carbons (Fsp3) is 0.368. The molecule has 1 fully saturated rings. The summed E-state index contributed by atoms with van der Waals surface area (Å²) in [5, 5.41) is 9.70. The highest BCUT2D eigenvalue weighted by Gasteiger charge is 2.18. The second kappa shape index (κ2) is 8.05. The van der Waals surface area contributed by atoms with E-state index in [1.165, 1.54) is 0 Å². The number of hydrogen-bond donors (Lipinski definition) is 2. The van der Waals surface area contributed by atoms with Gasteiger partial charge < -0.3 is 20.5 Å². The average Bonchev–Trinajstić information content (AvgIpc) is 2.64. The Bertz CT molecular complexity index is 817. The number of nitrogens with two attached hydrogens (primary N) is 1. The van der Waals surface area contributed by atoms with Crippen LogP contribution in [-0.2, 0) is 0 Å². The van der Waals surface area contributed by atoms with Crippen molar-refractivity contribution in [1.29, 1.82) is 0 Å². The van der Waals surface area contributed by atoms with E-state index in [-0.39, 0.29) is 6.10 Å². The van der Waals surface area contributed by atoms with E-state index in [0.717, 1.165) is 47.4 Å². The van der Waals surface area contributed by atoms with Crippen molar-refractivity contribution >= 4 is 38.7 Å². The van der Waals surface area contributed by atoms with Gasteiger partial charge in [0, 0.05) is 29.4 Å². The maximum atomic E-state index is 9.70. The molecule has 1 saturated heterocycles. The Labute approximate surface area is 161 Å². The summed E-state index contributed by atoms with van der Waals surface area (Å²) < 4.78 is 6.20. The highest BCUT2D eigenvalue weighted by atomic mass is 79.9. The monoisotopic (exact) mass is 418 g/mol. The summed E-state index contributed by atoms with van der Waals surface area (Å²) in [6.45, 7) is 3.57. The lowest BCUT2D eigenvalue weighted by molar-refractivity contribution is 0.145. The quantitative estimate of drug-likeness (QED) is 0.585. The summed E-state index contributed by atoms with van der Waals surface area (Å²) in [5.41, 5.74) is 10.1. The van der Waals surface area contributed by atoms with Gasteiger partial charge in [-0.3, -0.25) is 4.99 Å². The number of ether oxygens (including phenoxy) is 1. The average molecular weight is 419 g/mol. The molecule has 1 aliphatic heterocycles. The van der Waals surface area contributed by atoms with Crippen LogP contribution in [0, 0.1) is 0 Å². The first-order valence-electron chi connectivity index (χ1n) is 8.55. The smallest absolute Gasteiger partial charge is 0.222 e.